The Bertz CT molecular complexity index is 644. The summed E-state index contributed by atoms with van der Waals surface area (Å²) in [4.78, 5) is 15.8. The van der Waals surface area contributed by atoms with Crippen LogP contribution in [0.1, 0.15) is 22.8 Å². The highest BCUT2D eigenvalue weighted by Gasteiger charge is 2.16. The molecule has 0 saturated heterocycles. The van der Waals surface area contributed by atoms with E-state index in [1.54, 1.807) is 13.0 Å². The van der Waals surface area contributed by atoms with Crippen molar-refractivity contribution in [3.8, 4) is 0 Å². The SMILES string of the molecule is CC(Cc1c(F)cccc1F)NC(=O)c1cccnc1Cl. The normalized spacial score (nSPS) is 12.0. The summed E-state index contributed by atoms with van der Waals surface area (Å²) in [6, 6.07) is 6.33. The standard InChI is InChI=1S/C15H13ClF2N2O/c1-9(8-11-12(17)5-2-6-13(11)18)20-15(21)10-4-3-7-19-14(10)16/h2-7,9H,8H2,1H3,(H,20,21). The Morgan fingerprint density at radius 1 is 1.29 bits per heavy atom. The van der Waals surface area contributed by atoms with Gasteiger partial charge in [-0.05, 0) is 37.6 Å². The number of rotatable bonds is 4. The van der Waals surface area contributed by atoms with Gasteiger partial charge in [-0.1, -0.05) is 17.7 Å². The van der Waals surface area contributed by atoms with Gasteiger partial charge < -0.3 is 5.32 Å². The van der Waals surface area contributed by atoms with Crippen LogP contribution < -0.4 is 5.32 Å². The lowest BCUT2D eigenvalue weighted by molar-refractivity contribution is 0.0939. The van der Waals surface area contributed by atoms with Crippen molar-refractivity contribution in [1.82, 2.24) is 10.3 Å². The van der Waals surface area contributed by atoms with Gasteiger partial charge in [-0.25, -0.2) is 13.8 Å². The Balaban J connectivity index is 2.07. The van der Waals surface area contributed by atoms with Gasteiger partial charge in [0.15, 0.2) is 0 Å². The van der Waals surface area contributed by atoms with Gasteiger partial charge in [0.2, 0.25) is 0 Å². The second-order valence-corrected chi connectivity index (χ2v) is 4.98. The maximum atomic E-state index is 13.6. The summed E-state index contributed by atoms with van der Waals surface area (Å²) in [5.41, 5.74) is 0.169. The smallest absolute Gasteiger partial charge is 0.254 e. The van der Waals surface area contributed by atoms with Crippen molar-refractivity contribution in [3.05, 3.63) is 64.4 Å². The average Bonchev–Trinajstić information content (AvgIpc) is 2.43. The van der Waals surface area contributed by atoms with Crippen LogP contribution in [0.5, 0.6) is 0 Å². The van der Waals surface area contributed by atoms with Crippen molar-refractivity contribution >= 4 is 17.5 Å². The van der Waals surface area contributed by atoms with Crippen LogP contribution in [0.2, 0.25) is 5.15 Å². The second kappa shape index (κ2) is 6.63. The number of nitrogens with one attached hydrogen (secondary N) is 1. The van der Waals surface area contributed by atoms with Crippen LogP contribution in [-0.4, -0.2) is 16.9 Å². The first-order valence-corrected chi connectivity index (χ1v) is 6.71. The lowest BCUT2D eigenvalue weighted by Crippen LogP contribution is -2.34. The fraction of sp³-hybridized carbons (Fsp3) is 0.200. The molecule has 0 bridgehead atoms. The van der Waals surface area contributed by atoms with Crippen molar-refractivity contribution < 1.29 is 13.6 Å². The maximum Gasteiger partial charge on any atom is 0.254 e. The minimum Gasteiger partial charge on any atom is -0.349 e. The third-order valence-electron chi connectivity index (χ3n) is 2.95. The van der Waals surface area contributed by atoms with E-state index < -0.39 is 23.6 Å². The van der Waals surface area contributed by atoms with Crippen molar-refractivity contribution in [2.24, 2.45) is 0 Å². The van der Waals surface area contributed by atoms with Crippen LogP contribution in [0, 0.1) is 11.6 Å². The summed E-state index contributed by atoms with van der Waals surface area (Å²) in [5.74, 6) is -1.69. The van der Waals surface area contributed by atoms with Gasteiger partial charge in [0, 0.05) is 17.8 Å². The molecule has 1 aromatic heterocycles. The number of benzene rings is 1. The zero-order chi connectivity index (χ0) is 15.4. The topological polar surface area (TPSA) is 42.0 Å². The molecular formula is C15H13ClF2N2O. The molecule has 0 fully saturated rings. The molecule has 0 spiro atoms. The van der Waals surface area contributed by atoms with Crippen LogP contribution in [0.4, 0.5) is 8.78 Å². The lowest BCUT2D eigenvalue weighted by atomic mass is 10.1. The number of hydrogen-bond donors (Lipinski definition) is 1. The van der Waals surface area contributed by atoms with E-state index in [2.05, 4.69) is 10.3 Å². The molecular weight excluding hydrogens is 298 g/mol. The molecule has 3 nitrogen and oxygen atoms in total. The second-order valence-electron chi connectivity index (χ2n) is 4.62. The molecule has 2 aromatic rings. The first-order valence-electron chi connectivity index (χ1n) is 6.33. The van der Waals surface area contributed by atoms with Crippen LogP contribution >= 0.6 is 11.6 Å². The van der Waals surface area contributed by atoms with E-state index in [1.165, 1.54) is 30.5 Å². The number of amides is 1. The van der Waals surface area contributed by atoms with Gasteiger partial charge in [-0.3, -0.25) is 4.79 Å². The lowest BCUT2D eigenvalue weighted by Gasteiger charge is -2.15. The van der Waals surface area contributed by atoms with E-state index in [-0.39, 0.29) is 22.7 Å². The fourth-order valence-electron chi connectivity index (χ4n) is 1.94. The summed E-state index contributed by atoms with van der Waals surface area (Å²) in [7, 11) is 0. The van der Waals surface area contributed by atoms with Crippen LogP contribution in [0.3, 0.4) is 0 Å². The molecule has 110 valence electrons. The largest absolute Gasteiger partial charge is 0.349 e. The van der Waals surface area contributed by atoms with E-state index in [0.29, 0.717) is 0 Å². The number of carbonyl (C=O) groups excluding carboxylic acids is 1. The number of aromatic nitrogens is 1. The quantitative estimate of drug-likeness (QED) is 0.880. The highest BCUT2D eigenvalue weighted by atomic mass is 35.5. The fourth-order valence-corrected chi connectivity index (χ4v) is 2.15. The van der Waals surface area contributed by atoms with Gasteiger partial charge >= 0.3 is 0 Å². The Morgan fingerprint density at radius 3 is 2.57 bits per heavy atom. The van der Waals surface area contributed by atoms with E-state index in [1.807, 2.05) is 0 Å². The third kappa shape index (κ3) is 3.76. The molecule has 0 aliphatic rings. The molecule has 2 rings (SSSR count). The van der Waals surface area contributed by atoms with Crippen molar-refractivity contribution in [1.29, 1.82) is 0 Å². The van der Waals surface area contributed by atoms with Crippen LogP contribution in [0.15, 0.2) is 36.5 Å². The van der Waals surface area contributed by atoms with Gasteiger partial charge in [0.25, 0.3) is 5.91 Å². The zero-order valence-corrected chi connectivity index (χ0v) is 12.0. The number of nitrogens with zero attached hydrogens (tertiary/aromatic N) is 1. The molecule has 1 atom stereocenters. The van der Waals surface area contributed by atoms with Crippen LogP contribution in [0.25, 0.3) is 0 Å². The monoisotopic (exact) mass is 310 g/mol. The summed E-state index contributed by atoms with van der Waals surface area (Å²) < 4.78 is 27.1. The number of hydrogen-bond acceptors (Lipinski definition) is 2. The first kappa shape index (κ1) is 15.4. The highest BCUT2D eigenvalue weighted by molar-refractivity contribution is 6.32. The van der Waals surface area contributed by atoms with E-state index in [4.69, 9.17) is 11.6 Å². The predicted octanol–water partition coefficient (Wildman–Crippen LogP) is 3.37. The third-order valence-corrected chi connectivity index (χ3v) is 3.25. The van der Waals surface area contributed by atoms with Crippen LogP contribution in [-0.2, 0) is 6.42 Å². The minimum absolute atomic E-state index is 0.0438. The molecule has 1 unspecified atom stereocenters. The molecule has 0 aliphatic carbocycles. The van der Waals surface area contributed by atoms with E-state index in [0.717, 1.165) is 0 Å². The number of carbonyl (C=O) groups is 1. The molecule has 1 amide bonds. The van der Waals surface area contributed by atoms with Gasteiger partial charge in [0.1, 0.15) is 16.8 Å². The summed E-state index contributed by atoms with van der Waals surface area (Å²) in [6.45, 7) is 1.66. The maximum absolute atomic E-state index is 13.6. The van der Waals surface area contributed by atoms with E-state index >= 15 is 0 Å². The van der Waals surface area contributed by atoms with Crippen molar-refractivity contribution in [3.63, 3.8) is 0 Å². The zero-order valence-electron chi connectivity index (χ0n) is 11.2. The Labute approximate surface area is 126 Å². The highest BCUT2D eigenvalue weighted by Crippen LogP contribution is 2.15. The molecule has 0 aliphatic heterocycles. The molecule has 1 aromatic carbocycles. The number of halogens is 3. The molecule has 0 saturated carbocycles. The predicted molar refractivity (Wildman–Crippen MR) is 76.2 cm³/mol. The molecule has 6 heteroatoms. The molecule has 1 N–H and O–H groups in total. The summed E-state index contributed by atoms with van der Waals surface area (Å²) in [5, 5.41) is 2.73. The van der Waals surface area contributed by atoms with Crippen molar-refractivity contribution in [2.75, 3.05) is 0 Å². The first-order chi connectivity index (χ1) is 9.99. The summed E-state index contributed by atoms with van der Waals surface area (Å²) in [6.07, 6.45) is 1.51. The Morgan fingerprint density at radius 2 is 1.95 bits per heavy atom. The van der Waals surface area contributed by atoms with Gasteiger partial charge in [-0.15, -0.1) is 0 Å². The molecule has 0 radical (unpaired) electrons. The van der Waals surface area contributed by atoms with Gasteiger partial charge in [-0.2, -0.15) is 0 Å². The number of pyridine rings is 1. The minimum atomic E-state index is -0.629. The average molecular weight is 311 g/mol. The summed E-state index contributed by atoms with van der Waals surface area (Å²) >= 11 is 5.82. The van der Waals surface area contributed by atoms with Crippen molar-refractivity contribution in [2.45, 2.75) is 19.4 Å². The van der Waals surface area contributed by atoms with E-state index in [9.17, 15) is 13.6 Å². The Kier molecular flexibility index (Phi) is 4.85. The molecule has 1 heterocycles. The van der Waals surface area contributed by atoms with Gasteiger partial charge in [0.05, 0.1) is 5.56 Å². The molecule has 21 heavy (non-hydrogen) atoms. The Hall–Kier alpha value is -2.01.